The first kappa shape index (κ1) is 21.7. The Hall–Kier alpha value is -2.26. The minimum atomic E-state index is -5.73. The third-order valence-corrected chi connectivity index (χ3v) is 3.25. The van der Waals surface area contributed by atoms with E-state index in [-0.39, 0.29) is 13.2 Å². The summed E-state index contributed by atoms with van der Waals surface area (Å²) in [6, 6.07) is 6.89. The Morgan fingerprint density at radius 2 is 1.29 bits per heavy atom. The maximum atomic E-state index is 13.6. The van der Waals surface area contributed by atoms with Crippen molar-refractivity contribution in [2.45, 2.75) is 18.7 Å². The van der Waals surface area contributed by atoms with Gasteiger partial charge in [-0.05, 0) is 12.1 Å². The van der Waals surface area contributed by atoms with Crippen molar-refractivity contribution in [1.29, 1.82) is 0 Å². The number of halogens is 4. The lowest BCUT2D eigenvalue weighted by atomic mass is 10.2. The van der Waals surface area contributed by atoms with Crippen LogP contribution in [0.5, 0.6) is 11.5 Å². The summed E-state index contributed by atoms with van der Waals surface area (Å²) in [5, 5.41) is 0. The topological polar surface area (TPSA) is 66.4 Å². The average Bonchev–Trinajstić information content (AvgIpc) is 2.51. The zero-order valence-corrected chi connectivity index (χ0v) is 13.8. The molecule has 9 heteroatoms. The van der Waals surface area contributed by atoms with Crippen LogP contribution in [0, 0.1) is 30.7 Å². The van der Waals surface area contributed by atoms with Gasteiger partial charge in [0.2, 0.25) is 17.4 Å². The normalized spacial score (nSPS) is 10.3. The average molecular weight is 366 g/mol. The molecule has 0 N–H and O–H groups in total. The third kappa shape index (κ3) is 4.39. The molecule has 132 valence electrons. The first-order valence-corrected chi connectivity index (χ1v) is 7.69. The summed E-state index contributed by atoms with van der Waals surface area (Å²) >= 11 is 0. The van der Waals surface area contributed by atoms with Crippen molar-refractivity contribution in [3.8, 4) is 11.5 Å². The molecule has 0 aromatic heterocycles. The Labute approximate surface area is 137 Å². The minimum absolute atomic E-state index is 0. The Balaban J connectivity index is 0.00000170. The molecule has 0 unspecified atom stereocenters. The molecule has 0 atom stereocenters. The van der Waals surface area contributed by atoms with Gasteiger partial charge in [0.1, 0.15) is 20.8 Å². The number of rotatable bonds is 3. The molecule has 0 radical (unpaired) electrons. The molecule has 0 aliphatic rings. The first-order valence-electron chi connectivity index (χ1n) is 6.28. The van der Waals surface area contributed by atoms with Gasteiger partial charge in [-0.1, -0.05) is 32.0 Å². The van der Waals surface area contributed by atoms with Crippen LogP contribution in [0.4, 0.5) is 17.6 Å². The quantitative estimate of drug-likeness (QED) is 0.349. The van der Waals surface area contributed by atoms with Gasteiger partial charge < -0.3 is 9.29 Å². The largest absolute Gasteiger partial charge is 0.744 e. The molecule has 4 nitrogen and oxygen atoms in total. The molecule has 0 amide bonds. The molecule has 0 heterocycles. The van der Waals surface area contributed by atoms with E-state index in [0.717, 1.165) is 0 Å². The molecule has 24 heavy (non-hydrogen) atoms. The highest BCUT2D eigenvalue weighted by Crippen LogP contribution is 2.34. The van der Waals surface area contributed by atoms with Crippen molar-refractivity contribution in [2.24, 2.45) is 0 Å². The van der Waals surface area contributed by atoms with Crippen LogP contribution in [0.2, 0.25) is 0 Å². The van der Waals surface area contributed by atoms with Crippen LogP contribution < -0.4 is 4.74 Å². The fourth-order valence-corrected chi connectivity index (χ4v) is 2.13. The smallest absolute Gasteiger partial charge is 0.205 e. The number of ether oxygens (including phenoxy) is 1. The highest BCUT2D eigenvalue weighted by Gasteiger charge is 2.30. The highest BCUT2D eigenvalue weighted by atomic mass is 32.2. The van der Waals surface area contributed by atoms with E-state index in [1.165, 1.54) is 24.3 Å². The molecule has 0 fully saturated rings. The molecule has 0 saturated heterocycles. The van der Waals surface area contributed by atoms with Gasteiger partial charge in [0.15, 0.2) is 11.6 Å². The van der Waals surface area contributed by atoms with Crippen LogP contribution >= 0.6 is 0 Å². The van der Waals surface area contributed by atoms with Crippen LogP contribution in [0.3, 0.4) is 0 Å². The molecule has 0 saturated carbocycles. The highest BCUT2D eigenvalue weighted by molar-refractivity contribution is 7.85. The van der Waals surface area contributed by atoms with Crippen molar-refractivity contribution in [2.75, 3.05) is 0 Å². The number of hydrogen-bond donors (Lipinski definition) is 0. The van der Waals surface area contributed by atoms with E-state index in [9.17, 15) is 30.5 Å². The first-order chi connectivity index (χ1) is 10.7. The molecule has 2 rings (SSSR count). The monoisotopic (exact) mass is 366 g/mol. The van der Waals surface area contributed by atoms with Gasteiger partial charge in [-0.3, -0.25) is 0 Å². The van der Waals surface area contributed by atoms with Crippen LogP contribution in [0.1, 0.15) is 13.8 Å². The third-order valence-electron chi connectivity index (χ3n) is 2.40. The second-order valence-corrected chi connectivity index (χ2v) is 5.10. The van der Waals surface area contributed by atoms with Crippen LogP contribution in [0.25, 0.3) is 0 Å². The van der Waals surface area contributed by atoms with E-state index in [0.29, 0.717) is 0 Å². The molecular weight excluding hydrogens is 352 g/mol. The summed E-state index contributed by atoms with van der Waals surface area (Å²) in [4.78, 5) is -2.22. The molecule has 0 aliphatic carbocycles. The SMILES string of the molecule is CC.O=S(=O)([O-])c1c(F)c(F)c(Oc2ccccc2)c(F)c1F.[CH3+]. The Kier molecular flexibility index (Phi) is 7.75. The van der Waals surface area contributed by atoms with Crippen molar-refractivity contribution in [1.82, 2.24) is 0 Å². The van der Waals surface area contributed by atoms with Crippen molar-refractivity contribution in [3.05, 3.63) is 61.0 Å². The molecule has 2 aromatic carbocycles. The lowest BCUT2D eigenvalue weighted by Crippen LogP contribution is -2.11. The van der Waals surface area contributed by atoms with Crippen LogP contribution in [-0.4, -0.2) is 13.0 Å². The fourth-order valence-electron chi connectivity index (χ4n) is 1.51. The Morgan fingerprint density at radius 1 is 0.875 bits per heavy atom. The minimum Gasteiger partial charge on any atom is -0.744 e. The summed E-state index contributed by atoms with van der Waals surface area (Å²) < 4.78 is 90.7. The van der Waals surface area contributed by atoms with Gasteiger partial charge in [0, 0.05) is 7.43 Å². The molecule has 2 aromatic rings. The van der Waals surface area contributed by atoms with Gasteiger partial charge >= 0.3 is 0 Å². The summed E-state index contributed by atoms with van der Waals surface area (Å²) in [6.07, 6.45) is 0. The number of para-hydroxylation sites is 1. The van der Waals surface area contributed by atoms with Gasteiger partial charge in [-0.25, -0.2) is 17.2 Å². The summed E-state index contributed by atoms with van der Waals surface area (Å²) in [6.45, 7) is 4.00. The summed E-state index contributed by atoms with van der Waals surface area (Å²) in [5.41, 5.74) is 0. The lowest BCUT2D eigenvalue weighted by Gasteiger charge is -2.14. The van der Waals surface area contributed by atoms with Crippen molar-refractivity contribution in [3.63, 3.8) is 0 Å². The van der Waals surface area contributed by atoms with Gasteiger partial charge in [-0.2, -0.15) is 8.78 Å². The van der Waals surface area contributed by atoms with E-state index in [1.807, 2.05) is 13.8 Å². The van der Waals surface area contributed by atoms with Gasteiger partial charge in [0.25, 0.3) is 0 Å². The molecular formula is C15H14F4O4S. The maximum absolute atomic E-state index is 13.6. The molecule has 0 bridgehead atoms. The van der Waals surface area contributed by atoms with Crippen molar-refractivity contribution >= 4 is 10.1 Å². The Bertz CT molecular complexity index is 764. The second kappa shape index (κ2) is 8.55. The van der Waals surface area contributed by atoms with E-state index in [2.05, 4.69) is 4.74 Å². The molecule has 0 aliphatic heterocycles. The second-order valence-electron chi connectivity index (χ2n) is 3.78. The standard InChI is InChI=1S/C12H6F4O4S.C2H6.CH3/c13-7-9(15)12(21(17,18)19)10(16)8(14)11(7)20-6-4-2-1-3-5-6;1-2;/h1-5H,(H,17,18,19);1-2H3;1H3/q;;+1/p-1. The van der Waals surface area contributed by atoms with E-state index < -0.39 is 44.0 Å². The Morgan fingerprint density at radius 3 is 1.67 bits per heavy atom. The predicted molar refractivity (Wildman–Crippen MR) is 78.5 cm³/mol. The molecule has 0 spiro atoms. The summed E-state index contributed by atoms with van der Waals surface area (Å²) in [7, 11) is -5.73. The number of benzene rings is 2. The van der Waals surface area contributed by atoms with Crippen LogP contribution in [0.15, 0.2) is 35.2 Å². The fraction of sp³-hybridized carbons (Fsp3) is 0.133. The van der Waals surface area contributed by atoms with E-state index in [1.54, 1.807) is 6.07 Å². The summed E-state index contributed by atoms with van der Waals surface area (Å²) in [5.74, 6) is -10.5. The zero-order chi connectivity index (χ0) is 17.8. The lowest BCUT2D eigenvalue weighted by molar-refractivity contribution is 0.345. The van der Waals surface area contributed by atoms with Crippen LogP contribution in [-0.2, 0) is 10.1 Å². The predicted octanol–water partition coefficient (Wildman–Crippen LogP) is 4.42. The van der Waals surface area contributed by atoms with E-state index >= 15 is 0 Å². The van der Waals surface area contributed by atoms with E-state index in [4.69, 9.17) is 0 Å². The maximum Gasteiger partial charge on any atom is 0.205 e. The van der Waals surface area contributed by atoms with Gasteiger partial charge in [-0.15, -0.1) is 0 Å². The van der Waals surface area contributed by atoms with Gasteiger partial charge in [0.05, 0.1) is 0 Å². The number of hydrogen-bond acceptors (Lipinski definition) is 4. The van der Waals surface area contributed by atoms with Crippen molar-refractivity contribution < 1.29 is 35.3 Å². The zero-order valence-electron chi connectivity index (χ0n) is 12.9.